The van der Waals surface area contributed by atoms with E-state index in [1.807, 2.05) is 0 Å². The van der Waals surface area contributed by atoms with Crippen LogP contribution in [-0.2, 0) is 16.0 Å². The highest BCUT2D eigenvalue weighted by Crippen LogP contribution is 2.33. The van der Waals surface area contributed by atoms with Gasteiger partial charge >= 0.3 is 5.97 Å². The minimum absolute atomic E-state index is 0.00652. The van der Waals surface area contributed by atoms with Gasteiger partial charge in [0.1, 0.15) is 11.3 Å². The Morgan fingerprint density at radius 3 is 2.61 bits per heavy atom. The van der Waals surface area contributed by atoms with Crippen molar-refractivity contribution < 1.29 is 19.4 Å². The standard InChI is InChI=1S/C17H22ClNO4/c1-11-6-8-17(9-7-11,16(21)22)19-15(20)10-12-13(18)4-3-5-14(12)23-2/h3-5,11H,6-10H2,1-2H3,(H,19,20)(H,21,22). The molecule has 1 aliphatic carbocycles. The summed E-state index contributed by atoms with van der Waals surface area (Å²) in [6.07, 6.45) is 2.49. The zero-order chi connectivity index (χ0) is 17.0. The summed E-state index contributed by atoms with van der Waals surface area (Å²) in [5, 5.41) is 12.7. The highest BCUT2D eigenvalue weighted by atomic mass is 35.5. The Kier molecular flexibility index (Phi) is 5.52. The molecule has 1 fully saturated rings. The van der Waals surface area contributed by atoms with Crippen LogP contribution in [-0.4, -0.2) is 29.6 Å². The molecule has 0 aromatic heterocycles. The van der Waals surface area contributed by atoms with Gasteiger partial charge in [-0.05, 0) is 43.7 Å². The zero-order valence-electron chi connectivity index (χ0n) is 13.4. The molecule has 23 heavy (non-hydrogen) atoms. The predicted molar refractivity (Wildman–Crippen MR) is 87.8 cm³/mol. The maximum atomic E-state index is 12.4. The monoisotopic (exact) mass is 339 g/mol. The number of benzene rings is 1. The molecule has 1 saturated carbocycles. The normalized spacial score (nSPS) is 24.0. The van der Waals surface area contributed by atoms with Crippen LogP contribution in [0.15, 0.2) is 18.2 Å². The second-order valence-electron chi connectivity index (χ2n) is 6.22. The molecular weight excluding hydrogens is 318 g/mol. The van der Waals surface area contributed by atoms with Gasteiger partial charge in [-0.15, -0.1) is 0 Å². The van der Waals surface area contributed by atoms with Crippen molar-refractivity contribution in [3.05, 3.63) is 28.8 Å². The van der Waals surface area contributed by atoms with Crippen molar-refractivity contribution in [2.24, 2.45) is 5.92 Å². The number of halogens is 1. The minimum Gasteiger partial charge on any atom is -0.496 e. The molecule has 2 N–H and O–H groups in total. The molecule has 0 atom stereocenters. The first kappa shape index (κ1) is 17.6. The molecule has 0 saturated heterocycles. The van der Waals surface area contributed by atoms with Crippen LogP contribution in [0.4, 0.5) is 0 Å². The Bertz CT molecular complexity index is 594. The van der Waals surface area contributed by atoms with Crippen LogP contribution < -0.4 is 10.1 Å². The lowest BCUT2D eigenvalue weighted by molar-refractivity contribution is -0.149. The van der Waals surface area contributed by atoms with Crippen LogP contribution in [0.25, 0.3) is 0 Å². The summed E-state index contributed by atoms with van der Waals surface area (Å²) in [5.74, 6) is -0.311. The van der Waals surface area contributed by atoms with E-state index in [0.29, 0.717) is 35.1 Å². The average molecular weight is 340 g/mol. The summed E-state index contributed by atoms with van der Waals surface area (Å²) in [7, 11) is 1.51. The van der Waals surface area contributed by atoms with E-state index < -0.39 is 11.5 Å². The predicted octanol–water partition coefficient (Wildman–Crippen LogP) is 3.04. The van der Waals surface area contributed by atoms with E-state index in [9.17, 15) is 14.7 Å². The molecule has 5 nitrogen and oxygen atoms in total. The molecule has 0 radical (unpaired) electrons. The van der Waals surface area contributed by atoms with Gasteiger partial charge in [0.2, 0.25) is 5.91 Å². The third-order valence-corrected chi connectivity index (χ3v) is 4.90. The number of carbonyl (C=O) groups is 2. The van der Waals surface area contributed by atoms with Gasteiger partial charge in [0, 0.05) is 10.6 Å². The van der Waals surface area contributed by atoms with Gasteiger partial charge in [-0.25, -0.2) is 4.79 Å². The lowest BCUT2D eigenvalue weighted by atomic mass is 9.77. The topological polar surface area (TPSA) is 75.6 Å². The van der Waals surface area contributed by atoms with Crippen LogP contribution >= 0.6 is 11.6 Å². The summed E-state index contributed by atoms with van der Waals surface area (Å²) >= 11 is 6.14. The Morgan fingerprint density at radius 2 is 2.04 bits per heavy atom. The highest BCUT2D eigenvalue weighted by molar-refractivity contribution is 6.31. The van der Waals surface area contributed by atoms with Crippen LogP contribution in [0, 0.1) is 5.92 Å². The van der Waals surface area contributed by atoms with Crippen LogP contribution in [0.5, 0.6) is 5.75 Å². The molecule has 1 aromatic rings. The summed E-state index contributed by atoms with van der Waals surface area (Å²) in [4.78, 5) is 24.1. The number of carboxylic acid groups (broad SMARTS) is 1. The van der Waals surface area contributed by atoms with Crippen LogP contribution in [0.1, 0.15) is 38.2 Å². The molecule has 1 amide bonds. The first-order valence-electron chi connectivity index (χ1n) is 7.74. The van der Waals surface area contributed by atoms with Crippen molar-refractivity contribution in [3.8, 4) is 5.75 Å². The molecule has 6 heteroatoms. The Balaban J connectivity index is 2.13. The SMILES string of the molecule is COc1cccc(Cl)c1CC(=O)NC1(C(=O)O)CCC(C)CC1. The average Bonchev–Trinajstić information content (AvgIpc) is 2.51. The van der Waals surface area contributed by atoms with E-state index in [0.717, 1.165) is 12.8 Å². The number of ether oxygens (including phenoxy) is 1. The molecule has 2 rings (SSSR count). The maximum absolute atomic E-state index is 12.4. The Labute approximate surface area is 141 Å². The molecular formula is C17H22ClNO4. The first-order valence-corrected chi connectivity index (χ1v) is 8.11. The van der Waals surface area contributed by atoms with Crippen LogP contribution in [0.2, 0.25) is 5.02 Å². The maximum Gasteiger partial charge on any atom is 0.329 e. The fourth-order valence-corrected chi connectivity index (χ4v) is 3.25. The lowest BCUT2D eigenvalue weighted by Gasteiger charge is -2.36. The van der Waals surface area contributed by atoms with Gasteiger partial charge in [-0.1, -0.05) is 24.6 Å². The molecule has 126 valence electrons. The summed E-state index contributed by atoms with van der Waals surface area (Å²) < 4.78 is 5.22. The lowest BCUT2D eigenvalue weighted by Crippen LogP contribution is -2.56. The summed E-state index contributed by atoms with van der Waals surface area (Å²) in [6.45, 7) is 2.10. The second-order valence-corrected chi connectivity index (χ2v) is 6.62. The Hall–Kier alpha value is -1.75. The number of carboxylic acids is 1. The number of nitrogens with one attached hydrogen (secondary N) is 1. The smallest absolute Gasteiger partial charge is 0.329 e. The quantitative estimate of drug-likeness (QED) is 0.864. The molecule has 1 aliphatic rings. The second kappa shape index (κ2) is 7.21. The highest BCUT2D eigenvalue weighted by Gasteiger charge is 2.42. The molecule has 0 bridgehead atoms. The number of amides is 1. The van der Waals surface area contributed by atoms with Crippen LogP contribution in [0.3, 0.4) is 0 Å². The zero-order valence-corrected chi connectivity index (χ0v) is 14.2. The van der Waals surface area contributed by atoms with Gasteiger partial charge in [0.15, 0.2) is 0 Å². The van der Waals surface area contributed by atoms with E-state index in [1.165, 1.54) is 7.11 Å². The van der Waals surface area contributed by atoms with Crippen molar-refractivity contribution in [2.75, 3.05) is 7.11 Å². The molecule has 0 heterocycles. The first-order chi connectivity index (χ1) is 10.9. The van der Waals surface area contributed by atoms with Crippen molar-refractivity contribution in [3.63, 3.8) is 0 Å². The van der Waals surface area contributed by atoms with E-state index in [1.54, 1.807) is 18.2 Å². The van der Waals surface area contributed by atoms with Gasteiger partial charge in [0.25, 0.3) is 0 Å². The van der Waals surface area contributed by atoms with Crippen molar-refractivity contribution in [2.45, 2.75) is 44.6 Å². The van der Waals surface area contributed by atoms with Gasteiger partial charge in [0.05, 0.1) is 13.5 Å². The van der Waals surface area contributed by atoms with Gasteiger partial charge in [-0.2, -0.15) is 0 Å². The third-order valence-electron chi connectivity index (χ3n) is 4.55. The number of hydrogen-bond donors (Lipinski definition) is 2. The molecule has 0 unspecified atom stereocenters. The number of aliphatic carboxylic acids is 1. The fourth-order valence-electron chi connectivity index (χ4n) is 3.02. The van der Waals surface area contributed by atoms with Crippen molar-refractivity contribution in [1.82, 2.24) is 5.32 Å². The minimum atomic E-state index is -1.17. The van der Waals surface area contributed by atoms with Gasteiger partial charge in [-0.3, -0.25) is 4.79 Å². The van der Waals surface area contributed by atoms with Gasteiger partial charge < -0.3 is 15.2 Å². The van der Waals surface area contributed by atoms with Crippen molar-refractivity contribution in [1.29, 1.82) is 0 Å². The van der Waals surface area contributed by atoms with E-state index in [2.05, 4.69) is 12.2 Å². The summed E-state index contributed by atoms with van der Waals surface area (Å²) in [6, 6.07) is 5.15. The largest absolute Gasteiger partial charge is 0.496 e. The number of methoxy groups -OCH3 is 1. The summed E-state index contributed by atoms with van der Waals surface area (Å²) in [5.41, 5.74) is -0.600. The number of rotatable bonds is 5. The molecule has 0 spiro atoms. The third kappa shape index (κ3) is 3.96. The Morgan fingerprint density at radius 1 is 1.39 bits per heavy atom. The molecule has 0 aliphatic heterocycles. The van der Waals surface area contributed by atoms with E-state index >= 15 is 0 Å². The fraction of sp³-hybridized carbons (Fsp3) is 0.529. The van der Waals surface area contributed by atoms with E-state index in [-0.39, 0.29) is 12.3 Å². The number of carbonyl (C=O) groups excluding carboxylic acids is 1. The van der Waals surface area contributed by atoms with E-state index in [4.69, 9.17) is 16.3 Å². The number of hydrogen-bond acceptors (Lipinski definition) is 3. The van der Waals surface area contributed by atoms with Crippen molar-refractivity contribution >= 4 is 23.5 Å². The molecule has 1 aromatic carbocycles.